The van der Waals surface area contributed by atoms with E-state index in [-0.39, 0.29) is 30.8 Å². The number of primary amides is 1. The average Bonchev–Trinajstić information content (AvgIpc) is 3.04. The molecule has 2 heterocycles. The number of halogens is 1. The third-order valence-corrected chi connectivity index (χ3v) is 5.55. The number of rotatable bonds is 7. The Balaban J connectivity index is 1.69. The first kappa shape index (κ1) is 22.6. The van der Waals surface area contributed by atoms with Gasteiger partial charge in [-0.3, -0.25) is 23.9 Å². The highest BCUT2D eigenvalue weighted by Gasteiger charge is 2.37. The number of likely N-dealkylation sites (tertiary alicyclic amines) is 1. The SMILES string of the molecule is CS(=O)(=O)N[C@H]1CC(C(N)=O)N(CC(=O)Nc2ccc(-n3ccccc3=O)cc2F)C1. The molecule has 1 aliphatic rings. The summed E-state index contributed by atoms with van der Waals surface area (Å²) in [6.07, 6.45) is 2.62. The minimum absolute atomic E-state index is 0.0987. The molecule has 2 aromatic rings. The number of carbonyl (C=O) groups is 2. The number of benzene rings is 1. The monoisotopic (exact) mass is 451 g/mol. The zero-order valence-electron chi connectivity index (χ0n) is 16.6. The Morgan fingerprint density at radius 2 is 2.00 bits per heavy atom. The molecule has 3 rings (SSSR count). The van der Waals surface area contributed by atoms with Crippen LogP contribution in [0.25, 0.3) is 5.69 Å². The smallest absolute Gasteiger partial charge is 0.255 e. The number of aromatic nitrogens is 1. The number of nitrogens with zero attached hydrogens (tertiary/aromatic N) is 2. The molecule has 0 bridgehead atoms. The van der Waals surface area contributed by atoms with Crippen molar-refractivity contribution in [3.05, 3.63) is 58.8 Å². The Labute approximate surface area is 177 Å². The molecule has 10 nitrogen and oxygen atoms in total. The molecule has 2 atom stereocenters. The molecule has 1 aromatic carbocycles. The van der Waals surface area contributed by atoms with Gasteiger partial charge in [-0.25, -0.2) is 17.5 Å². The summed E-state index contributed by atoms with van der Waals surface area (Å²) >= 11 is 0. The van der Waals surface area contributed by atoms with E-state index < -0.39 is 39.7 Å². The van der Waals surface area contributed by atoms with Crippen LogP contribution in [-0.4, -0.2) is 61.1 Å². The van der Waals surface area contributed by atoms with Crippen LogP contribution in [0.4, 0.5) is 10.1 Å². The Kier molecular flexibility index (Phi) is 6.53. The second-order valence-corrected chi connectivity index (χ2v) is 9.07. The lowest BCUT2D eigenvalue weighted by Crippen LogP contribution is -2.44. The first-order valence-corrected chi connectivity index (χ1v) is 11.2. The van der Waals surface area contributed by atoms with Gasteiger partial charge < -0.3 is 11.1 Å². The summed E-state index contributed by atoms with van der Waals surface area (Å²) in [6, 6.07) is 7.06. The van der Waals surface area contributed by atoms with Crippen molar-refractivity contribution in [2.45, 2.75) is 18.5 Å². The molecule has 0 saturated carbocycles. The average molecular weight is 451 g/mol. The number of hydrogen-bond acceptors (Lipinski definition) is 6. The van der Waals surface area contributed by atoms with E-state index in [4.69, 9.17) is 5.73 Å². The van der Waals surface area contributed by atoms with Gasteiger partial charge in [0.25, 0.3) is 5.56 Å². The van der Waals surface area contributed by atoms with Gasteiger partial charge in [0, 0.05) is 30.9 Å². The molecule has 31 heavy (non-hydrogen) atoms. The summed E-state index contributed by atoms with van der Waals surface area (Å²) < 4.78 is 41.0. The largest absolute Gasteiger partial charge is 0.368 e. The van der Waals surface area contributed by atoms with Gasteiger partial charge in [0.1, 0.15) is 5.82 Å². The van der Waals surface area contributed by atoms with Crippen LogP contribution in [0.15, 0.2) is 47.4 Å². The summed E-state index contributed by atoms with van der Waals surface area (Å²) in [5.74, 6) is -2.03. The number of nitrogens with two attached hydrogens (primary N) is 1. The molecule has 0 radical (unpaired) electrons. The number of sulfonamides is 1. The zero-order chi connectivity index (χ0) is 22.8. The Morgan fingerprint density at radius 1 is 1.26 bits per heavy atom. The normalized spacial score (nSPS) is 19.3. The summed E-state index contributed by atoms with van der Waals surface area (Å²) in [5.41, 5.74) is 5.24. The van der Waals surface area contributed by atoms with Crippen LogP contribution in [0.1, 0.15) is 6.42 Å². The van der Waals surface area contributed by atoms with E-state index in [1.807, 2.05) is 0 Å². The van der Waals surface area contributed by atoms with Crippen molar-refractivity contribution in [1.29, 1.82) is 0 Å². The van der Waals surface area contributed by atoms with Gasteiger partial charge in [0.15, 0.2) is 0 Å². The Bertz CT molecular complexity index is 1170. The molecule has 0 aliphatic carbocycles. The highest BCUT2D eigenvalue weighted by atomic mass is 32.2. The molecule has 12 heteroatoms. The summed E-state index contributed by atoms with van der Waals surface area (Å²) in [4.78, 5) is 37.4. The van der Waals surface area contributed by atoms with Gasteiger partial charge in [-0.2, -0.15) is 0 Å². The number of hydrogen-bond donors (Lipinski definition) is 3. The predicted molar refractivity (Wildman–Crippen MR) is 112 cm³/mol. The van der Waals surface area contributed by atoms with E-state index in [9.17, 15) is 27.2 Å². The van der Waals surface area contributed by atoms with Crippen LogP contribution in [-0.2, 0) is 19.6 Å². The fourth-order valence-electron chi connectivity index (χ4n) is 3.53. The highest BCUT2D eigenvalue weighted by molar-refractivity contribution is 7.88. The van der Waals surface area contributed by atoms with Gasteiger partial charge in [-0.1, -0.05) is 6.07 Å². The van der Waals surface area contributed by atoms with Gasteiger partial charge in [-0.15, -0.1) is 0 Å². The van der Waals surface area contributed by atoms with Gasteiger partial charge >= 0.3 is 0 Å². The van der Waals surface area contributed by atoms with Crippen molar-refractivity contribution < 1.29 is 22.4 Å². The van der Waals surface area contributed by atoms with Gasteiger partial charge in [0.2, 0.25) is 21.8 Å². The molecule has 1 aliphatic heterocycles. The van der Waals surface area contributed by atoms with Crippen molar-refractivity contribution >= 4 is 27.5 Å². The van der Waals surface area contributed by atoms with E-state index in [0.29, 0.717) is 5.69 Å². The molecular formula is C19H22FN5O5S. The number of nitrogens with one attached hydrogen (secondary N) is 2. The lowest BCUT2D eigenvalue weighted by molar-refractivity contribution is -0.123. The minimum atomic E-state index is -3.50. The van der Waals surface area contributed by atoms with Crippen molar-refractivity contribution in [3.8, 4) is 5.69 Å². The van der Waals surface area contributed by atoms with E-state index >= 15 is 0 Å². The first-order valence-electron chi connectivity index (χ1n) is 9.31. The van der Waals surface area contributed by atoms with E-state index in [2.05, 4.69) is 10.0 Å². The van der Waals surface area contributed by atoms with Crippen LogP contribution in [0, 0.1) is 5.82 Å². The molecular weight excluding hydrogens is 429 g/mol. The lowest BCUT2D eigenvalue weighted by atomic mass is 10.2. The van der Waals surface area contributed by atoms with Crippen molar-refractivity contribution in [3.63, 3.8) is 0 Å². The van der Waals surface area contributed by atoms with Crippen molar-refractivity contribution in [2.75, 3.05) is 24.7 Å². The number of anilines is 1. The third kappa shape index (κ3) is 5.75. The van der Waals surface area contributed by atoms with Crippen molar-refractivity contribution in [1.82, 2.24) is 14.2 Å². The molecule has 166 valence electrons. The maximum atomic E-state index is 14.5. The van der Waals surface area contributed by atoms with Crippen LogP contribution in [0.5, 0.6) is 0 Å². The second-order valence-electron chi connectivity index (χ2n) is 7.29. The second kappa shape index (κ2) is 8.96. The summed E-state index contributed by atoms with van der Waals surface area (Å²) in [7, 11) is -3.50. The topological polar surface area (TPSA) is 144 Å². The van der Waals surface area contributed by atoms with Crippen LogP contribution in [0.2, 0.25) is 0 Å². The van der Waals surface area contributed by atoms with E-state index in [1.54, 1.807) is 12.1 Å². The molecule has 4 N–H and O–H groups in total. The van der Waals surface area contributed by atoms with Crippen LogP contribution < -0.4 is 21.3 Å². The lowest BCUT2D eigenvalue weighted by Gasteiger charge is -2.21. The van der Waals surface area contributed by atoms with Crippen molar-refractivity contribution in [2.24, 2.45) is 5.73 Å². The first-order chi connectivity index (χ1) is 14.5. The quantitative estimate of drug-likeness (QED) is 0.513. The fourth-order valence-corrected chi connectivity index (χ4v) is 4.31. The molecule has 1 unspecified atom stereocenters. The molecule has 1 saturated heterocycles. The Morgan fingerprint density at radius 3 is 2.61 bits per heavy atom. The summed E-state index contributed by atoms with van der Waals surface area (Å²) in [5, 5.41) is 2.42. The maximum absolute atomic E-state index is 14.5. The molecule has 1 fully saturated rings. The van der Waals surface area contributed by atoms with E-state index in [1.165, 1.54) is 33.9 Å². The highest BCUT2D eigenvalue weighted by Crippen LogP contribution is 2.20. The predicted octanol–water partition coefficient (Wildman–Crippen LogP) is -0.607. The zero-order valence-corrected chi connectivity index (χ0v) is 17.4. The number of carbonyl (C=O) groups excluding carboxylic acids is 2. The minimum Gasteiger partial charge on any atom is -0.368 e. The van der Waals surface area contributed by atoms with E-state index in [0.717, 1.165) is 12.3 Å². The third-order valence-electron chi connectivity index (χ3n) is 4.79. The maximum Gasteiger partial charge on any atom is 0.255 e. The number of amides is 2. The Hall–Kier alpha value is -3.09. The van der Waals surface area contributed by atoms with Crippen LogP contribution in [0.3, 0.4) is 0 Å². The summed E-state index contributed by atoms with van der Waals surface area (Å²) in [6.45, 7) is -0.179. The number of pyridine rings is 1. The molecule has 1 aromatic heterocycles. The molecule has 0 spiro atoms. The van der Waals surface area contributed by atoms with Crippen LogP contribution >= 0.6 is 0 Å². The fraction of sp³-hybridized carbons (Fsp3) is 0.316. The van der Waals surface area contributed by atoms with Gasteiger partial charge in [-0.05, 0) is 24.6 Å². The van der Waals surface area contributed by atoms with Gasteiger partial charge in [0.05, 0.1) is 30.2 Å². The molecule has 2 amide bonds. The standard InChI is InChI=1S/C19H22FN5O5S/c1-31(29,30)23-12-8-16(19(21)28)24(10-12)11-17(26)22-15-6-5-13(9-14(15)20)25-7-3-2-4-18(25)27/h2-7,9,12,16,23H,8,10-11H2,1H3,(H2,21,28)(H,22,26)/t12-,16?/m0/s1.